The summed E-state index contributed by atoms with van der Waals surface area (Å²) in [5.41, 5.74) is 0.674. The van der Waals surface area contributed by atoms with Gasteiger partial charge in [-0.3, -0.25) is 0 Å². The van der Waals surface area contributed by atoms with Gasteiger partial charge in [-0.1, -0.05) is 6.07 Å². The molecule has 4 heteroatoms. The molecule has 0 aromatic heterocycles. The third-order valence-electron chi connectivity index (χ3n) is 3.09. The number of hydrogen-bond donors (Lipinski definition) is 1. The Balaban J connectivity index is 1.68. The summed E-state index contributed by atoms with van der Waals surface area (Å²) in [6, 6.07) is 3.87. The van der Waals surface area contributed by atoms with Crippen LogP contribution in [0.3, 0.4) is 0 Å². The first-order valence-electron chi connectivity index (χ1n) is 5.98. The molecule has 1 saturated heterocycles. The van der Waals surface area contributed by atoms with E-state index in [1.54, 1.807) is 6.07 Å². The molecule has 2 rings (SSSR count). The highest BCUT2D eigenvalue weighted by Crippen LogP contribution is 2.13. The number of nitrogens with one attached hydrogen (secondary N) is 1. The molecule has 0 spiro atoms. The molecule has 1 atom stereocenters. The number of hydrogen-bond acceptors (Lipinski definition) is 2. The molecule has 0 saturated carbocycles. The molecule has 1 aromatic rings. The second-order valence-electron chi connectivity index (χ2n) is 4.45. The Hall–Kier alpha value is -1.00. The Morgan fingerprint density at radius 1 is 1.29 bits per heavy atom. The number of halogens is 2. The van der Waals surface area contributed by atoms with Gasteiger partial charge in [-0.05, 0) is 49.5 Å². The minimum atomic E-state index is -0.814. The van der Waals surface area contributed by atoms with Crippen LogP contribution in [0.5, 0.6) is 0 Å². The summed E-state index contributed by atoms with van der Waals surface area (Å²) in [4.78, 5) is 0. The van der Waals surface area contributed by atoms with Gasteiger partial charge in [0.05, 0.1) is 6.61 Å². The van der Waals surface area contributed by atoms with E-state index in [1.165, 1.54) is 12.5 Å². The Bertz CT molecular complexity index is 364. The van der Waals surface area contributed by atoms with E-state index in [1.807, 2.05) is 0 Å². The van der Waals surface area contributed by atoms with Crippen molar-refractivity contribution in [2.24, 2.45) is 5.92 Å². The van der Waals surface area contributed by atoms with Crippen LogP contribution in [0, 0.1) is 17.6 Å². The monoisotopic (exact) mass is 241 g/mol. The second-order valence-corrected chi connectivity index (χ2v) is 4.45. The maximum Gasteiger partial charge on any atom is 0.159 e. The van der Waals surface area contributed by atoms with Gasteiger partial charge in [-0.15, -0.1) is 0 Å². The number of benzene rings is 1. The van der Waals surface area contributed by atoms with Crippen molar-refractivity contribution in [3.05, 3.63) is 35.4 Å². The lowest BCUT2D eigenvalue weighted by Crippen LogP contribution is -2.10. The molecule has 1 aliphatic heterocycles. The van der Waals surface area contributed by atoms with E-state index in [4.69, 9.17) is 4.74 Å². The van der Waals surface area contributed by atoms with Gasteiger partial charge in [0.15, 0.2) is 11.6 Å². The van der Waals surface area contributed by atoms with Crippen LogP contribution in [0.4, 0.5) is 8.78 Å². The third-order valence-corrected chi connectivity index (χ3v) is 3.09. The Morgan fingerprint density at radius 3 is 2.88 bits per heavy atom. The first-order valence-corrected chi connectivity index (χ1v) is 5.98. The molecule has 94 valence electrons. The summed E-state index contributed by atoms with van der Waals surface area (Å²) in [6.07, 6.45) is 2.23. The average molecular weight is 241 g/mol. The molecular formula is C13H17F2NO. The van der Waals surface area contributed by atoms with Gasteiger partial charge < -0.3 is 10.1 Å². The van der Waals surface area contributed by atoms with Crippen LogP contribution in [0.15, 0.2) is 18.2 Å². The highest BCUT2D eigenvalue weighted by molar-refractivity contribution is 5.16. The fourth-order valence-corrected chi connectivity index (χ4v) is 2.03. The predicted octanol–water partition coefficient (Wildman–Crippen LogP) is 2.48. The maximum absolute atomic E-state index is 12.9. The highest BCUT2D eigenvalue weighted by Gasteiger charge is 2.13. The van der Waals surface area contributed by atoms with E-state index in [-0.39, 0.29) is 0 Å². The van der Waals surface area contributed by atoms with Gasteiger partial charge in [0.25, 0.3) is 0 Å². The van der Waals surface area contributed by atoms with Crippen molar-refractivity contribution in [2.75, 3.05) is 19.7 Å². The van der Waals surface area contributed by atoms with Crippen LogP contribution >= 0.6 is 0 Å². The summed E-state index contributed by atoms with van der Waals surface area (Å²) in [5.74, 6) is -0.933. The van der Waals surface area contributed by atoms with Crippen molar-refractivity contribution in [2.45, 2.75) is 19.4 Å². The van der Waals surface area contributed by atoms with Gasteiger partial charge in [-0.25, -0.2) is 8.78 Å². The minimum Gasteiger partial charge on any atom is -0.377 e. The molecule has 2 nitrogen and oxygen atoms in total. The smallest absolute Gasteiger partial charge is 0.159 e. The van der Waals surface area contributed by atoms with E-state index in [2.05, 4.69) is 5.32 Å². The van der Waals surface area contributed by atoms with Crippen molar-refractivity contribution in [1.82, 2.24) is 5.32 Å². The molecule has 0 amide bonds. The van der Waals surface area contributed by atoms with Crippen LogP contribution in [0.25, 0.3) is 0 Å². The molecule has 1 heterocycles. The topological polar surface area (TPSA) is 21.3 Å². The molecule has 1 fully saturated rings. The van der Waals surface area contributed by atoms with E-state index in [9.17, 15) is 8.78 Å². The molecule has 0 radical (unpaired) electrons. The van der Waals surface area contributed by atoms with E-state index < -0.39 is 11.6 Å². The van der Waals surface area contributed by atoms with Gasteiger partial charge in [-0.2, -0.15) is 0 Å². The summed E-state index contributed by atoms with van der Waals surface area (Å²) in [7, 11) is 0. The lowest BCUT2D eigenvalue weighted by Gasteiger charge is -2.08. The zero-order valence-corrected chi connectivity index (χ0v) is 9.72. The van der Waals surface area contributed by atoms with Crippen LogP contribution in [-0.2, 0) is 11.3 Å². The van der Waals surface area contributed by atoms with E-state index in [0.29, 0.717) is 24.7 Å². The zero-order chi connectivity index (χ0) is 12.1. The Kier molecular flexibility index (Phi) is 4.45. The third kappa shape index (κ3) is 3.75. The normalized spacial score (nSPS) is 19.8. The first-order chi connectivity index (χ1) is 8.25. The summed E-state index contributed by atoms with van der Waals surface area (Å²) < 4.78 is 31.0. The lowest BCUT2D eigenvalue weighted by atomic mass is 10.1. The zero-order valence-electron chi connectivity index (χ0n) is 9.72. The summed E-state index contributed by atoms with van der Waals surface area (Å²) >= 11 is 0. The van der Waals surface area contributed by atoms with Crippen LogP contribution in [0.1, 0.15) is 18.4 Å². The number of rotatable bonds is 5. The highest BCUT2D eigenvalue weighted by atomic mass is 19.2. The quantitative estimate of drug-likeness (QED) is 0.800. The average Bonchev–Trinajstić information content (AvgIpc) is 2.82. The van der Waals surface area contributed by atoms with Crippen molar-refractivity contribution < 1.29 is 13.5 Å². The fraction of sp³-hybridized carbons (Fsp3) is 0.538. The van der Waals surface area contributed by atoms with E-state index >= 15 is 0 Å². The summed E-state index contributed by atoms with van der Waals surface area (Å²) in [5, 5.41) is 3.30. The van der Waals surface area contributed by atoms with Gasteiger partial charge in [0.1, 0.15) is 0 Å². The van der Waals surface area contributed by atoms with Crippen molar-refractivity contribution in [1.29, 1.82) is 0 Å². The molecule has 1 aromatic carbocycles. The molecule has 0 aliphatic carbocycles. The Labute approximate surface area is 100.0 Å². The second kappa shape index (κ2) is 6.07. The van der Waals surface area contributed by atoms with Crippen molar-refractivity contribution in [3.63, 3.8) is 0 Å². The first kappa shape index (κ1) is 12.5. The molecule has 1 unspecified atom stereocenters. The van der Waals surface area contributed by atoms with E-state index in [0.717, 1.165) is 25.6 Å². The van der Waals surface area contributed by atoms with Gasteiger partial charge in [0.2, 0.25) is 0 Å². The number of ether oxygens (including phenoxy) is 1. The summed E-state index contributed by atoms with van der Waals surface area (Å²) in [6.45, 7) is 3.17. The molecule has 0 bridgehead atoms. The molecule has 1 N–H and O–H groups in total. The molecule has 17 heavy (non-hydrogen) atoms. The van der Waals surface area contributed by atoms with Crippen LogP contribution in [-0.4, -0.2) is 19.7 Å². The minimum absolute atomic E-state index is 0.345. The molecule has 1 aliphatic rings. The van der Waals surface area contributed by atoms with Crippen molar-refractivity contribution in [3.8, 4) is 0 Å². The fourth-order valence-electron chi connectivity index (χ4n) is 2.03. The van der Waals surface area contributed by atoms with Crippen LogP contribution in [0.2, 0.25) is 0 Å². The Morgan fingerprint density at radius 2 is 2.18 bits per heavy atom. The van der Waals surface area contributed by atoms with Gasteiger partial charge in [0, 0.05) is 6.61 Å². The standard InChI is InChI=1S/C13H17F2NO/c14-12-2-1-11(7-13(12)15)9-17-6-4-10-3-5-16-8-10/h1-2,7,10,16H,3-6,8-9H2. The molecular weight excluding hydrogens is 224 g/mol. The van der Waals surface area contributed by atoms with Crippen LogP contribution < -0.4 is 5.32 Å². The van der Waals surface area contributed by atoms with Crippen molar-refractivity contribution >= 4 is 0 Å². The van der Waals surface area contributed by atoms with Gasteiger partial charge >= 0.3 is 0 Å². The lowest BCUT2D eigenvalue weighted by molar-refractivity contribution is 0.109. The SMILES string of the molecule is Fc1ccc(COCCC2CCNC2)cc1F. The maximum atomic E-state index is 12.9. The largest absolute Gasteiger partial charge is 0.377 e. The predicted molar refractivity (Wildman–Crippen MR) is 61.6 cm³/mol.